The minimum Gasteiger partial charge on any atom is -0.468 e. The van der Waals surface area contributed by atoms with Gasteiger partial charge < -0.3 is 4.74 Å². The van der Waals surface area contributed by atoms with Crippen molar-refractivity contribution in [1.82, 2.24) is 9.97 Å². The Balaban J connectivity index is 2.76. The minimum absolute atomic E-state index is 0.205. The number of nitrogens with zero attached hydrogens (tertiary/aromatic N) is 2. The van der Waals surface area contributed by atoms with Crippen molar-refractivity contribution in [3.63, 3.8) is 0 Å². The standard InChI is InChI=1S/C10H13ClN2O2S/c1-6(2)10-12-7(11)4-8(13-10)16-5-9(14)15-3/h4,6H,5H2,1-3H3. The molecule has 0 N–H and O–H groups in total. The number of methoxy groups -OCH3 is 1. The monoisotopic (exact) mass is 260 g/mol. The Kier molecular flexibility index (Phi) is 5.02. The van der Waals surface area contributed by atoms with Crippen molar-refractivity contribution in [1.29, 1.82) is 0 Å². The Morgan fingerprint density at radius 2 is 2.25 bits per heavy atom. The first-order valence-corrected chi connectivity index (χ1v) is 6.13. The van der Waals surface area contributed by atoms with Gasteiger partial charge in [0.2, 0.25) is 0 Å². The van der Waals surface area contributed by atoms with Crippen LogP contribution in [0.25, 0.3) is 0 Å². The van der Waals surface area contributed by atoms with E-state index in [1.165, 1.54) is 18.9 Å². The predicted octanol–water partition coefficient (Wildman–Crippen LogP) is 2.52. The topological polar surface area (TPSA) is 52.1 Å². The lowest BCUT2D eigenvalue weighted by Gasteiger charge is -2.06. The van der Waals surface area contributed by atoms with Gasteiger partial charge in [-0.1, -0.05) is 37.2 Å². The highest BCUT2D eigenvalue weighted by molar-refractivity contribution is 7.99. The number of halogens is 1. The lowest BCUT2D eigenvalue weighted by atomic mass is 10.2. The van der Waals surface area contributed by atoms with Gasteiger partial charge in [0, 0.05) is 12.0 Å². The molecule has 0 spiro atoms. The molecule has 0 saturated heterocycles. The van der Waals surface area contributed by atoms with Gasteiger partial charge in [0.05, 0.1) is 12.9 Å². The summed E-state index contributed by atoms with van der Waals surface area (Å²) >= 11 is 7.15. The van der Waals surface area contributed by atoms with E-state index in [4.69, 9.17) is 11.6 Å². The van der Waals surface area contributed by atoms with E-state index >= 15 is 0 Å². The number of carbonyl (C=O) groups is 1. The maximum Gasteiger partial charge on any atom is 0.316 e. The molecule has 0 aliphatic heterocycles. The molecule has 0 amide bonds. The third kappa shape index (κ3) is 3.98. The highest BCUT2D eigenvalue weighted by Crippen LogP contribution is 2.21. The van der Waals surface area contributed by atoms with E-state index in [9.17, 15) is 4.79 Å². The molecule has 1 heterocycles. The van der Waals surface area contributed by atoms with Crippen molar-refractivity contribution in [3.05, 3.63) is 17.0 Å². The molecule has 0 aromatic carbocycles. The first-order chi connectivity index (χ1) is 7.52. The summed E-state index contributed by atoms with van der Waals surface area (Å²) in [5.41, 5.74) is 0. The number of thioether (sulfide) groups is 1. The van der Waals surface area contributed by atoms with Crippen molar-refractivity contribution < 1.29 is 9.53 Å². The summed E-state index contributed by atoms with van der Waals surface area (Å²) in [5.74, 6) is 0.823. The van der Waals surface area contributed by atoms with Gasteiger partial charge in [-0.25, -0.2) is 9.97 Å². The first-order valence-electron chi connectivity index (χ1n) is 4.77. The molecule has 1 aromatic rings. The Labute approximate surface area is 104 Å². The van der Waals surface area contributed by atoms with Gasteiger partial charge in [0.1, 0.15) is 16.0 Å². The zero-order valence-corrected chi connectivity index (χ0v) is 10.9. The summed E-state index contributed by atoms with van der Waals surface area (Å²) in [4.78, 5) is 19.4. The molecule has 4 nitrogen and oxygen atoms in total. The van der Waals surface area contributed by atoms with Crippen molar-refractivity contribution in [2.24, 2.45) is 0 Å². The molecule has 1 rings (SSSR count). The van der Waals surface area contributed by atoms with Crippen LogP contribution in [0.1, 0.15) is 25.6 Å². The maximum absolute atomic E-state index is 11.0. The first kappa shape index (κ1) is 13.3. The summed E-state index contributed by atoms with van der Waals surface area (Å²) in [6, 6.07) is 1.64. The van der Waals surface area contributed by atoms with Crippen molar-refractivity contribution in [2.75, 3.05) is 12.9 Å². The Bertz CT molecular complexity index is 385. The van der Waals surface area contributed by atoms with Gasteiger partial charge in [-0.15, -0.1) is 0 Å². The third-order valence-electron chi connectivity index (χ3n) is 1.77. The second-order valence-electron chi connectivity index (χ2n) is 3.41. The average molecular weight is 261 g/mol. The molecular formula is C10H13ClN2O2S. The minimum atomic E-state index is -0.286. The Morgan fingerprint density at radius 1 is 1.56 bits per heavy atom. The Morgan fingerprint density at radius 3 is 2.81 bits per heavy atom. The van der Waals surface area contributed by atoms with E-state index in [-0.39, 0.29) is 17.6 Å². The molecule has 88 valence electrons. The molecule has 0 aliphatic carbocycles. The van der Waals surface area contributed by atoms with Crippen molar-refractivity contribution in [2.45, 2.75) is 24.8 Å². The maximum atomic E-state index is 11.0. The van der Waals surface area contributed by atoms with Gasteiger partial charge in [-0.3, -0.25) is 4.79 Å². The summed E-state index contributed by atoms with van der Waals surface area (Å²) in [7, 11) is 1.36. The van der Waals surface area contributed by atoms with Crippen LogP contribution in [0, 0.1) is 0 Å². The molecule has 0 fully saturated rings. The largest absolute Gasteiger partial charge is 0.468 e. The Hall–Kier alpha value is -0.810. The number of aromatic nitrogens is 2. The van der Waals surface area contributed by atoms with Gasteiger partial charge >= 0.3 is 5.97 Å². The van der Waals surface area contributed by atoms with E-state index in [0.717, 1.165) is 0 Å². The molecule has 6 heteroatoms. The number of carbonyl (C=O) groups excluding carboxylic acids is 1. The number of hydrogen-bond acceptors (Lipinski definition) is 5. The SMILES string of the molecule is COC(=O)CSc1cc(Cl)nc(C(C)C)n1. The molecule has 0 aliphatic rings. The predicted molar refractivity (Wildman–Crippen MR) is 63.9 cm³/mol. The fraction of sp³-hybridized carbons (Fsp3) is 0.500. The normalized spacial score (nSPS) is 10.6. The van der Waals surface area contributed by atoms with E-state index in [1.54, 1.807) is 6.07 Å². The van der Waals surface area contributed by atoms with Gasteiger partial charge in [0.15, 0.2) is 0 Å². The van der Waals surface area contributed by atoms with E-state index in [1.807, 2.05) is 13.8 Å². The lowest BCUT2D eigenvalue weighted by molar-refractivity contribution is -0.137. The van der Waals surface area contributed by atoms with Crippen LogP contribution in [-0.4, -0.2) is 28.8 Å². The average Bonchev–Trinajstić information content (AvgIpc) is 2.25. The highest BCUT2D eigenvalue weighted by atomic mass is 35.5. The van der Waals surface area contributed by atoms with Crippen LogP contribution in [0.5, 0.6) is 0 Å². The van der Waals surface area contributed by atoms with E-state index in [2.05, 4.69) is 14.7 Å². The fourth-order valence-corrected chi connectivity index (χ4v) is 1.93. The molecular weight excluding hydrogens is 248 g/mol. The summed E-state index contributed by atoms with van der Waals surface area (Å²) < 4.78 is 4.54. The van der Waals surface area contributed by atoms with E-state index < -0.39 is 0 Å². The van der Waals surface area contributed by atoms with Gasteiger partial charge in [-0.2, -0.15) is 0 Å². The number of rotatable bonds is 4. The van der Waals surface area contributed by atoms with Crippen LogP contribution in [0.3, 0.4) is 0 Å². The number of ether oxygens (including phenoxy) is 1. The molecule has 0 bridgehead atoms. The smallest absolute Gasteiger partial charge is 0.316 e. The second kappa shape index (κ2) is 6.06. The summed E-state index contributed by atoms with van der Waals surface area (Å²) in [6.07, 6.45) is 0. The van der Waals surface area contributed by atoms with Crippen LogP contribution in [0.2, 0.25) is 5.15 Å². The van der Waals surface area contributed by atoms with Crippen molar-refractivity contribution in [3.8, 4) is 0 Å². The fourth-order valence-electron chi connectivity index (χ4n) is 0.938. The molecule has 0 radical (unpaired) electrons. The van der Waals surface area contributed by atoms with Gasteiger partial charge in [0.25, 0.3) is 0 Å². The van der Waals surface area contributed by atoms with Crippen LogP contribution < -0.4 is 0 Å². The number of hydrogen-bond donors (Lipinski definition) is 0. The van der Waals surface area contributed by atoms with Crippen molar-refractivity contribution >= 4 is 29.3 Å². The van der Waals surface area contributed by atoms with Crippen LogP contribution in [0.15, 0.2) is 11.1 Å². The van der Waals surface area contributed by atoms with Gasteiger partial charge in [-0.05, 0) is 0 Å². The highest BCUT2D eigenvalue weighted by Gasteiger charge is 2.09. The molecule has 16 heavy (non-hydrogen) atoms. The zero-order chi connectivity index (χ0) is 12.1. The molecule has 0 atom stereocenters. The summed E-state index contributed by atoms with van der Waals surface area (Å²) in [6.45, 7) is 3.97. The molecule has 0 unspecified atom stereocenters. The molecule has 1 aromatic heterocycles. The zero-order valence-electron chi connectivity index (χ0n) is 9.36. The van der Waals surface area contributed by atoms with Crippen LogP contribution in [-0.2, 0) is 9.53 Å². The number of esters is 1. The third-order valence-corrected chi connectivity index (χ3v) is 2.85. The molecule has 0 saturated carbocycles. The van der Waals surface area contributed by atoms with E-state index in [0.29, 0.717) is 16.0 Å². The lowest BCUT2D eigenvalue weighted by Crippen LogP contribution is -2.04. The second-order valence-corrected chi connectivity index (χ2v) is 4.79. The van der Waals surface area contributed by atoms with Crippen LogP contribution in [0.4, 0.5) is 0 Å². The van der Waals surface area contributed by atoms with Crippen LogP contribution >= 0.6 is 23.4 Å². The quantitative estimate of drug-likeness (QED) is 0.473. The summed E-state index contributed by atoms with van der Waals surface area (Å²) in [5, 5.41) is 1.08.